The lowest BCUT2D eigenvalue weighted by Gasteiger charge is -2.08. The fourth-order valence-electron chi connectivity index (χ4n) is 1.54. The van der Waals surface area contributed by atoms with E-state index in [4.69, 9.17) is 4.74 Å². The van der Waals surface area contributed by atoms with Crippen molar-refractivity contribution in [2.75, 3.05) is 26.3 Å². The van der Waals surface area contributed by atoms with E-state index >= 15 is 0 Å². The maximum Gasteiger partial charge on any atom is 0.250 e. The molecule has 18 heavy (non-hydrogen) atoms. The van der Waals surface area contributed by atoms with Crippen LogP contribution >= 0.6 is 0 Å². The van der Waals surface area contributed by atoms with Crippen molar-refractivity contribution in [3.63, 3.8) is 0 Å². The Hall–Kier alpha value is -1.13. The van der Waals surface area contributed by atoms with E-state index in [1.54, 1.807) is 16.7 Å². The molecule has 0 aliphatic rings. The second-order valence-corrected chi connectivity index (χ2v) is 4.78. The Morgan fingerprint density at radius 3 is 2.83 bits per heavy atom. The minimum Gasteiger partial charge on any atom is -0.380 e. The average molecular weight is 252 g/mol. The van der Waals surface area contributed by atoms with Gasteiger partial charge in [0.25, 0.3) is 5.56 Å². The van der Waals surface area contributed by atoms with Crippen LogP contribution in [0.2, 0.25) is 0 Å². The van der Waals surface area contributed by atoms with E-state index in [0.717, 1.165) is 32.7 Å². The van der Waals surface area contributed by atoms with Gasteiger partial charge in [-0.3, -0.25) is 4.79 Å². The van der Waals surface area contributed by atoms with Gasteiger partial charge in [0.15, 0.2) is 0 Å². The predicted octanol–water partition coefficient (Wildman–Crippen LogP) is 1.50. The maximum absolute atomic E-state index is 11.4. The fourth-order valence-corrected chi connectivity index (χ4v) is 1.54. The molecule has 0 amide bonds. The lowest BCUT2D eigenvalue weighted by atomic mass is 10.1. The van der Waals surface area contributed by atoms with Crippen LogP contribution < -0.4 is 10.9 Å². The third kappa shape index (κ3) is 6.57. The molecular weight excluding hydrogens is 228 g/mol. The molecule has 0 fully saturated rings. The van der Waals surface area contributed by atoms with Crippen LogP contribution in [0.5, 0.6) is 0 Å². The number of nitrogens with one attached hydrogen (secondary N) is 1. The van der Waals surface area contributed by atoms with Crippen molar-refractivity contribution in [3.8, 4) is 0 Å². The molecule has 0 radical (unpaired) electrons. The van der Waals surface area contributed by atoms with Crippen LogP contribution in [-0.4, -0.2) is 30.9 Å². The molecule has 0 unspecified atom stereocenters. The minimum atomic E-state index is 0.0486. The van der Waals surface area contributed by atoms with Gasteiger partial charge in [0, 0.05) is 38.5 Å². The Morgan fingerprint density at radius 2 is 2.11 bits per heavy atom. The molecule has 0 saturated carbocycles. The summed E-state index contributed by atoms with van der Waals surface area (Å²) in [7, 11) is 0. The van der Waals surface area contributed by atoms with Crippen molar-refractivity contribution in [3.05, 3.63) is 34.7 Å². The molecule has 1 aromatic heterocycles. The van der Waals surface area contributed by atoms with Crippen LogP contribution in [0, 0.1) is 5.92 Å². The van der Waals surface area contributed by atoms with E-state index < -0.39 is 0 Å². The molecule has 0 aliphatic carbocycles. The van der Waals surface area contributed by atoms with E-state index in [1.807, 2.05) is 12.3 Å². The first-order chi connectivity index (χ1) is 8.70. The zero-order chi connectivity index (χ0) is 13.2. The zero-order valence-electron chi connectivity index (χ0n) is 11.4. The summed E-state index contributed by atoms with van der Waals surface area (Å²) < 4.78 is 7.19. The van der Waals surface area contributed by atoms with E-state index in [2.05, 4.69) is 19.2 Å². The third-order valence-electron chi connectivity index (χ3n) is 2.69. The Kier molecular flexibility index (Phi) is 7.37. The molecule has 0 atom stereocenters. The highest BCUT2D eigenvalue weighted by Gasteiger charge is 1.95. The van der Waals surface area contributed by atoms with Gasteiger partial charge in [-0.05, 0) is 18.4 Å². The Labute approximate surface area is 109 Å². The summed E-state index contributed by atoms with van der Waals surface area (Å²) in [6, 6.07) is 5.21. The topological polar surface area (TPSA) is 43.3 Å². The average Bonchev–Trinajstić information content (AvgIpc) is 2.34. The number of ether oxygens (including phenoxy) is 1. The summed E-state index contributed by atoms with van der Waals surface area (Å²) in [5.41, 5.74) is 0.0486. The van der Waals surface area contributed by atoms with Gasteiger partial charge in [-0.1, -0.05) is 19.9 Å². The highest BCUT2D eigenvalue weighted by Crippen LogP contribution is 1.98. The van der Waals surface area contributed by atoms with Crippen molar-refractivity contribution in [2.45, 2.75) is 26.8 Å². The van der Waals surface area contributed by atoms with Gasteiger partial charge >= 0.3 is 0 Å². The van der Waals surface area contributed by atoms with Crippen molar-refractivity contribution < 1.29 is 4.74 Å². The highest BCUT2D eigenvalue weighted by atomic mass is 16.5. The summed E-state index contributed by atoms with van der Waals surface area (Å²) in [6.45, 7) is 8.27. The van der Waals surface area contributed by atoms with Gasteiger partial charge in [0.2, 0.25) is 0 Å². The predicted molar refractivity (Wildman–Crippen MR) is 73.8 cm³/mol. The maximum atomic E-state index is 11.4. The van der Waals surface area contributed by atoms with Crippen LogP contribution in [0.4, 0.5) is 0 Å². The first-order valence-electron chi connectivity index (χ1n) is 6.64. The molecule has 0 aliphatic heterocycles. The van der Waals surface area contributed by atoms with Crippen molar-refractivity contribution >= 4 is 0 Å². The van der Waals surface area contributed by atoms with Crippen LogP contribution in [0.1, 0.15) is 20.3 Å². The Balaban J connectivity index is 1.99. The van der Waals surface area contributed by atoms with Crippen molar-refractivity contribution in [2.24, 2.45) is 5.92 Å². The monoisotopic (exact) mass is 252 g/mol. The Morgan fingerprint density at radius 1 is 1.28 bits per heavy atom. The Bertz CT molecular complexity index is 374. The lowest BCUT2D eigenvalue weighted by molar-refractivity contribution is 0.125. The first-order valence-corrected chi connectivity index (χ1v) is 6.64. The van der Waals surface area contributed by atoms with Gasteiger partial charge in [-0.2, -0.15) is 0 Å². The van der Waals surface area contributed by atoms with E-state index in [9.17, 15) is 4.79 Å². The van der Waals surface area contributed by atoms with Crippen LogP contribution in [0.3, 0.4) is 0 Å². The first kappa shape index (κ1) is 14.9. The molecule has 1 rings (SSSR count). The summed E-state index contributed by atoms with van der Waals surface area (Å²) in [4.78, 5) is 11.4. The second-order valence-electron chi connectivity index (χ2n) is 4.78. The largest absolute Gasteiger partial charge is 0.380 e. The molecule has 0 saturated heterocycles. The molecule has 4 heteroatoms. The number of aromatic nitrogens is 1. The van der Waals surface area contributed by atoms with Crippen LogP contribution in [0.15, 0.2) is 29.2 Å². The second kappa shape index (κ2) is 8.89. The van der Waals surface area contributed by atoms with Gasteiger partial charge in [0.05, 0.1) is 6.61 Å². The summed E-state index contributed by atoms with van der Waals surface area (Å²) in [6.07, 6.45) is 2.92. The molecule has 1 N–H and O–H groups in total. The lowest BCUT2D eigenvalue weighted by Crippen LogP contribution is -2.28. The van der Waals surface area contributed by atoms with E-state index in [1.165, 1.54) is 0 Å². The number of hydrogen-bond acceptors (Lipinski definition) is 3. The summed E-state index contributed by atoms with van der Waals surface area (Å²) in [5, 5.41) is 3.26. The minimum absolute atomic E-state index is 0.0486. The molecule has 4 nitrogen and oxygen atoms in total. The highest BCUT2D eigenvalue weighted by molar-refractivity contribution is 4.93. The standard InChI is InChI=1S/C14H24N2O2/c1-13(2)6-11-18-12-8-15-7-10-16-9-4-3-5-14(16)17/h3-5,9,13,15H,6-8,10-12H2,1-2H3. The van der Waals surface area contributed by atoms with Gasteiger partial charge in [0.1, 0.15) is 0 Å². The molecule has 0 aromatic carbocycles. The quantitative estimate of drug-likeness (QED) is 0.677. The van der Waals surface area contributed by atoms with Crippen LogP contribution in [0.25, 0.3) is 0 Å². The fraction of sp³-hybridized carbons (Fsp3) is 0.643. The number of pyridine rings is 1. The van der Waals surface area contributed by atoms with Gasteiger partial charge in [-0.15, -0.1) is 0 Å². The number of hydrogen-bond donors (Lipinski definition) is 1. The van der Waals surface area contributed by atoms with E-state index in [-0.39, 0.29) is 5.56 Å². The molecule has 1 aromatic rings. The van der Waals surface area contributed by atoms with Gasteiger partial charge < -0.3 is 14.6 Å². The summed E-state index contributed by atoms with van der Waals surface area (Å²) >= 11 is 0. The van der Waals surface area contributed by atoms with Crippen molar-refractivity contribution in [1.82, 2.24) is 9.88 Å². The smallest absolute Gasteiger partial charge is 0.250 e. The SMILES string of the molecule is CC(C)CCOCCNCCn1ccccc1=O. The normalized spacial score (nSPS) is 11.1. The molecular formula is C14H24N2O2. The van der Waals surface area contributed by atoms with Crippen molar-refractivity contribution in [1.29, 1.82) is 0 Å². The van der Waals surface area contributed by atoms with Gasteiger partial charge in [-0.25, -0.2) is 0 Å². The third-order valence-corrected chi connectivity index (χ3v) is 2.69. The summed E-state index contributed by atoms with van der Waals surface area (Å²) in [5.74, 6) is 0.697. The molecule has 0 spiro atoms. The zero-order valence-corrected chi connectivity index (χ0v) is 11.4. The molecule has 1 heterocycles. The number of nitrogens with zero attached hydrogens (tertiary/aromatic N) is 1. The number of rotatable bonds is 9. The van der Waals surface area contributed by atoms with E-state index in [0.29, 0.717) is 12.5 Å². The molecule has 0 bridgehead atoms. The molecule has 102 valence electrons. The van der Waals surface area contributed by atoms with Crippen LogP contribution in [-0.2, 0) is 11.3 Å².